The fourth-order valence-corrected chi connectivity index (χ4v) is 1.33. The summed E-state index contributed by atoms with van der Waals surface area (Å²) >= 11 is 0. The maximum absolute atomic E-state index is 10.6. The third kappa shape index (κ3) is 8.65. The first-order valence-electron chi connectivity index (χ1n) is 5.48. The summed E-state index contributed by atoms with van der Waals surface area (Å²) in [6.07, 6.45) is 0.424. The molecule has 0 aromatic rings. The average molecular weight is 248 g/mol. The first-order valence-corrected chi connectivity index (χ1v) is 5.48. The van der Waals surface area contributed by atoms with Gasteiger partial charge in [-0.2, -0.15) is 0 Å². The molecule has 0 amide bonds. The number of esters is 2. The fraction of sp³-hybridized carbons (Fsp3) is 0.818. The highest BCUT2D eigenvalue weighted by molar-refractivity contribution is 5.66. The number of carbonyl (C=O) groups excluding carboxylic acids is 2. The number of carbonyl (C=O) groups is 2. The molecule has 0 aromatic heterocycles. The molecule has 0 aliphatic carbocycles. The molecule has 6 heteroatoms. The van der Waals surface area contributed by atoms with E-state index < -0.39 is 11.9 Å². The van der Waals surface area contributed by atoms with E-state index in [-0.39, 0.29) is 38.3 Å². The summed E-state index contributed by atoms with van der Waals surface area (Å²) in [6, 6.07) is 0. The van der Waals surface area contributed by atoms with E-state index in [4.69, 9.17) is 19.7 Å². The van der Waals surface area contributed by atoms with Crippen molar-refractivity contribution >= 4 is 11.9 Å². The summed E-state index contributed by atoms with van der Waals surface area (Å²) in [7, 11) is 0. The van der Waals surface area contributed by atoms with Gasteiger partial charge in [0.25, 0.3) is 0 Å². The molecule has 17 heavy (non-hydrogen) atoms. The highest BCUT2D eigenvalue weighted by atomic mass is 16.5. The van der Waals surface area contributed by atoms with Gasteiger partial charge in [-0.1, -0.05) is 0 Å². The van der Waals surface area contributed by atoms with Crippen molar-refractivity contribution in [2.45, 2.75) is 20.3 Å². The molecule has 0 aliphatic rings. The molecule has 0 radical (unpaired) electrons. The summed E-state index contributed by atoms with van der Waals surface area (Å²) in [5, 5.41) is 18.2. The average Bonchev–Trinajstić information content (AvgIpc) is 2.27. The Kier molecular flexibility index (Phi) is 8.35. The minimum absolute atomic E-state index is 0.0996. The number of hydrogen-bond acceptors (Lipinski definition) is 6. The predicted octanol–water partition coefficient (Wildman–Crippen LogP) is -0.280. The lowest BCUT2D eigenvalue weighted by atomic mass is 9.97. The summed E-state index contributed by atoms with van der Waals surface area (Å²) < 4.78 is 9.56. The highest BCUT2D eigenvalue weighted by Crippen LogP contribution is 2.13. The van der Waals surface area contributed by atoms with Crippen LogP contribution in [0.25, 0.3) is 0 Å². The van der Waals surface area contributed by atoms with Crippen LogP contribution in [-0.2, 0) is 19.1 Å². The van der Waals surface area contributed by atoms with E-state index in [2.05, 4.69) is 0 Å². The van der Waals surface area contributed by atoms with Gasteiger partial charge < -0.3 is 19.7 Å². The van der Waals surface area contributed by atoms with Crippen molar-refractivity contribution in [3.8, 4) is 0 Å². The Morgan fingerprint density at radius 2 is 1.29 bits per heavy atom. The van der Waals surface area contributed by atoms with E-state index >= 15 is 0 Å². The maximum Gasteiger partial charge on any atom is 0.302 e. The molecule has 2 atom stereocenters. The molecule has 0 saturated carbocycles. The molecule has 0 heterocycles. The molecule has 0 aliphatic heterocycles. The lowest BCUT2D eigenvalue weighted by molar-refractivity contribution is -0.143. The summed E-state index contributed by atoms with van der Waals surface area (Å²) in [5.74, 6) is -1.34. The molecule has 0 bridgehead atoms. The van der Waals surface area contributed by atoms with Gasteiger partial charge in [0.1, 0.15) is 0 Å². The third-order valence-corrected chi connectivity index (χ3v) is 2.23. The SMILES string of the molecule is CC(=O)OC[C@@H](CO)C[C@@H](CO)COC(C)=O. The molecule has 0 rings (SSSR count). The van der Waals surface area contributed by atoms with Gasteiger partial charge in [0.05, 0.1) is 13.2 Å². The number of aliphatic hydroxyl groups is 2. The van der Waals surface area contributed by atoms with Gasteiger partial charge in [-0.3, -0.25) is 9.59 Å². The molecule has 0 aromatic carbocycles. The van der Waals surface area contributed by atoms with Crippen LogP contribution in [0.1, 0.15) is 20.3 Å². The lowest BCUT2D eigenvalue weighted by Gasteiger charge is -2.19. The maximum atomic E-state index is 10.6. The zero-order chi connectivity index (χ0) is 13.3. The second-order valence-corrected chi connectivity index (χ2v) is 3.94. The van der Waals surface area contributed by atoms with Crippen LogP contribution in [0.3, 0.4) is 0 Å². The Morgan fingerprint density at radius 3 is 1.53 bits per heavy atom. The number of rotatable bonds is 8. The van der Waals surface area contributed by atoms with Gasteiger partial charge >= 0.3 is 11.9 Å². The lowest BCUT2D eigenvalue weighted by Crippen LogP contribution is -2.24. The van der Waals surface area contributed by atoms with Crippen molar-refractivity contribution in [3.05, 3.63) is 0 Å². The molecule has 0 spiro atoms. The highest BCUT2D eigenvalue weighted by Gasteiger charge is 2.17. The van der Waals surface area contributed by atoms with Crippen molar-refractivity contribution in [2.75, 3.05) is 26.4 Å². The molecule has 6 nitrogen and oxygen atoms in total. The molecule has 100 valence electrons. The minimum Gasteiger partial charge on any atom is -0.465 e. The van der Waals surface area contributed by atoms with Crippen LogP contribution in [0.15, 0.2) is 0 Å². The Hall–Kier alpha value is -1.14. The summed E-state index contributed by atoms with van der Waals surface area (Å²) in [6.45, 7) is 2.48. The number of ether oxygens (including phenoxy) is 2. The van der Waals surface area contributed by atoms with E-state index in [9.17, 15) is 9.59 Å². The van der Waals surface area contributed by atoms with Gasteiger partial charge in [-0.25, -0.2) is 0 Å². The van der Waals surface area contributed by atoms with Crippen molar-refractivity contribution in [3.63, 3.8) is 0 Å². The molecule has 0 unspecified atom stereocenters. The van der Waals surface area contributed by atoms with Crippen LogP contribution < -0.4 is 0 Å². The van der Waals surface area contributed by atoms with Gasteiger partial charge in [-0.15, -0.1) is 0 Å². The first-order chi connectivity index (χ1) is 7.99. The van der Waals surface area contributed by atoms with E-state index in [0.29, 0.717) is 6.42 Å². The zero-order valence-electron chi connectivity index (χ0n) is 10.2. The van der Waals surface area contributed by atoms with Crippen molar-refractivity contribution in [1.82, 2.24) is 0 Å². The minimum atomic E-state index is -0.413. The monoisotopic (exact) mass is 248 g/mol. The molecule has 0 fully saturated rings. The second kappa shape index (κ2) is 8.95. The first kappa shape index (κ1) is 15.9. The molecule has 2 N–H and O–H groups in total. The van der Waals surface area contributed by atoms with E-state index in [1.807, 2.05) is 0 Å². The van der Waals surface area contributed by atoms with Crippen LogP contribution in [0, 0.1) is 11.8 Å². The quantitative estimate of drug-likeness (QED) is 0.574. The Labute approximate surface area is 101 Å². The van der Waals surface area contributed by atoms with Crippen LogP contribution in [-0.4, -0.2) is 48.6 Å². The summed E-state index contributed by atoms with van der Waals surface area (Å²) in [5.41, 5.74) is 0. The Morgan fingerprint density at radius 1 is 0.941 bits per heavy atom. The standard InChI is InChI=1S/C11H20O6/c1-8(14)16-6-10(4-12)3-11(5-13)7-17-9(2)15/h10-13H,3-7H2,1-2H3/t10-,11+. The van der Waals surface area contributed by atoms with Gasteiger partial charge in [-0.05, 0) is 6.42 Å². The largest absolute Gasteiger partial charge is 0.465 e. The Balaban J connectivity index is 4.02. The van der Waals surface area contributed by atoms with Crippen LogP contribution in [0.5, 0.6) is 0 Å². The predicted molar refractivity (Wildman–Crippen MR) is 59.0 cm³/mol. The van der Waals surface area contributed by atoms with E-state index in [1.165, 1.54) is 13.8 Å². The van der Waals surface area contributed by atoms with Gasteiger partial charge in [0.15, 0.2) is 0 Å². The molecular weight excluding hydrogens is 228 g/mol. The zero-order valence-corrected chi connectivity index (χ0v) is 10.2. The fourth-order valence-electron chi connectivity index (χ4n) is 1.33. The van der Waals surface area contributed by atoms with Crippen LogP contribution >= 0.6 is 0 Å². The van der Waals surface area contributed by atoms with Gasteiger partial charge in [0, 0.05) is 38.9 Å². The van der Waals surface area contributed by atoms with Crippen molar-refractivity contribution in [1.29, 1.82) is 0 Å². The van der Waals surface area contributed by atoms with Gasteiger partial charge in [0.2, 0.25) is 0 Å². The molecular formula is C11H20O6. The normalized spacial score (nSPS) is 13.9. The van der Waals surface area contributed by atoms with Crippen molar-refractivity contribution in [2.24, 2.45) is 11.8 Å². The van der Waals surface area contributed by atoms with E-state index in [1.54, 1.807) is 0 Å². The van der Waals surface area contributed by atoms with Crippen LogP contribution in [0.4, 0.5) is 0 Å². The molecule has 0 saturated heterocycles. The van der Waals surface area contributed by atoms with Crippen molar-refractivity contribution < 1.29 is 29.3 Å². The van der Waals surface area contributed by atoms with Crippen LogP contribution in [0.2, 0.25) is 0 Å². The summed E-state index contributed by atoms with van der Waals surface area (Å²) in [4.78, 5) is 21.2. The smallest absolute Gasteiger partial charge is 0.302 e. The van der Waals surface area contributed by atoms with E-state index in [0.717, 1.165) is 0 Å². The third-order valence-electron chi connectivity index (χ3n) is 2.23. The second-order valence-electron chi connectivity index (χ2n) is 3.94. The number of aliphatic hydroxyl groups excluding tert-OH is 2. The number of hydrogen-bond donors (Lipinski definition) is 2. The Bertz CT molecular complexity index is 216. The topological polar surface area (TPSA) is 93.1 Å².